The third kappa shape index (κ3) is 2.99. The van der Waals surface area contributed by atoms with Gasteiger partial charge in [0.25, 0.3) is 0 Å². The zero-order valence-corrected chi connectivity index (χ0v) is 15.0. The SMILES string of the molecule is CCCS(=O)(=O)c1ccc(C2(C(=O)O)CC2C2CCCCC2)cc1. The normalized spacial score (nSPS) is 27.8. The molecule has 0 saturated heterocycles. The zero-order chi connectivity index (χ0) is 17.4. The Morgan fingerprint density at radius 2 is 1.79 bits per heavy atom. The number of carboxylic acid groups (broad SMARTS) is 1. The number of benzene rings is 1. The van der Waals surface area contributed by atoms with Crippen LogP contribution in [0.2, 0.25) is 0 Å². The summed E-state index contributed by atoms with van der Waals surface area (Å²) in [6.07, 6.45) is 7.18. The van der Waals surface area contributed by atoms with Gasteiger partial charge in [0, 0.05) is 0 Å². The van der Waals surface area contributed by atoms with E-state index in [1.807, 2.05) is 6.92 Å². The number of hydrogen-bond donors (Lipinski definition) is 1. The smallest absolute Gasteiger partial charge is 0.314 e. The van der Waals surface area contributed by atoms with Crippen molar-refractivity contribution in [1.29, 1.82) is 0 Å². The van der Waals surface area contributed by atoms with Gasteiger partial charge in [-0.1, -0.05) is 51.2 Å². The largest absolute Gasteiger partial charge is 0.481 e. The van der Waals surface area contributed by atoms with E-state index in [0.29, 0.717) is 23.7 Å². The van der Waals surface area contributed by atoms with Crippen molar-refractivity contribution in [3.8, 4) is 0 Å². The van der Waals surface area contributed by atoms with Crippen LogP contribution in [-0.4, -0.2) is 25.2 Å². The van der Waals surface area contributed by atoms with E-state index in [2.05, 4.69) is 0 Å². The van der Waals surface area contributed by atoms with Crippen molar-refractivity contribution in [3.05, 3.63) is 29.8 Å². The molecule has 2 atom stereocenters. The first kappa shape index (κ1) is 17.5. The van der Waals surface area contributed by atoms with Crippen LogP contribution in [0.5, 0.6) is 0 Å². The molecule has 2 unspecified atom stereocenters. The van der Waals surface area contributed by atoms with Gasteiger partial charge in [-0.3, -0.25) is 4.79 Å². The molecule has 0 aliphatic heterocycles. The van der Waals surface area contributed by atoms with E-state index in [-0.39, 0.29) is 11.7 Å². The average Bonchev–Trinajstić information content (AvgIpc) is 3.33. The highest BCUT2D eigenvalue weighted by Gasteiger charge is 2.63. The molecular weight excluding hydrogens is 324 g/mol. The summed E-state index contributed by atoms with van der Waals surface area (Å²) in [6.45, 7) is 1.84. The van der Waals surface area contributed by atoms with Crippen molar-refractivity contribution in [2.45, 2.75) is 62.2 Å². The van der Waals surface area contributed by atoms with Gasteiger partial charge >= 0.3 is 5.97 Å². The molecule has 24 heavy (non-hydrogen) atoms. The van der Waals surface area contributed by atoms with Crippen LogP contribution in [0.15, 0.2) is 29.2 Å². The van der Waals surface area contributed by atoms with E-state index < -0.39 is 21.2 Å². The number of rotatable bonds is 6. The predicted octanol–water partition coefficient (Wildman–Crippen LogP) is 3.79. The molecule has 0 spiro atoms. The molecular formula is C19H26O4S. The van der Waals surface area contributed by atoms with Gasteiger partial charge in [0.15, 0.2) is 9.84 Å². The van der Waals surface area contributed by atoms with Crippen molar-refractivity contribution in [2.75, 3.05) is 5.75 Å². The molecule has 5 heteroatoms. The van der Waals surface area contributed by atoms with Gasteiger partial charge in [-0.05, 0) is 42.4 Å². The first-order valence-corrected chi connectivity index (χ1v) is 10.6. The van der Waals surface area contributed by atoms with Crippen molar-refractivity contribution in [1.82, 2.24) is 0 Å². The molecule has 1 N–H and O–H groups in total. The van der Waals surface area contributed by atoms with Gasteiger partial charge in [0.1, 0.15) is 0 Å². The minimum Gasteiger partial charge on any atom is -0.481 e. The number of sulfone groups is 1. The lowest BCUT2D eigenvalue weighted by Gasteiger charge is -2.24. The lowest BCUT2D eigenvalue weighted by molar-refractivity contribution is -0.140. The van der Waals surface area contributed by atoms with Crippen LogP contribution >= 0.6 is 0 Å². The van der Waals surface area contributed by atoms with Gasteiger partial charge in [0.05, 0.1) is 16.1 Å². The Kier molecular flexibility index (Phi) is 4.73. The molecule has 2 aliphatic rings. The van der Waals surface area contributed by atoms with Crippen molar-refractivity contribution in [2.24, 2.45) is 11.8 Å². The highest BCUT2D eigenvalue weighted by atomic mass is 32.2. The lowest BCUT2D eigenvalue weighted by Crippen LogP contribution is -2.26. The highest BCUT2D eigenvalue weighted by molar-refractivity contribution is 7.91. The van der Waals surface area contributed by atoms with Crippen LogP contribution in [0.4, 0.5) is 0 Å². The van der Waals surface area contributed by atoms with Crippen LogP contribution in [0.3, 0.4) is 0 Å². The van der Waals surface area contributed by atoms with Gasteiger partial charge < -0.3 is 5.11 Å². The molecule has 0 radical (unpaired) electrons. The summed E-state index contributed by atoms with van der Waals surface area (Å²) in [5, 5.41) is 9.85. The molecule has 0 aromatic heterocycles. The second kappa shape index (κ2) is 6.51. The Bertz CT molecular complexity index is 701. The van der Waals surface area contributed by atoms with Crippen molar-refractivity contribution < 1.29 is 18.3 Å². The number of carbonyl (C=O) groups is 1. The zero-order valence-electron chi connectivity index (χ0n) is 14.2. The Morgan fingerprint density at radius 3 is 2.33 bits per heavy atom. The molecule has 0 amide bonds. The number of aliphatic carboxylic acids is 1. The standard InChI is InChI=1S/C19H26O4S/c1-2-12-24(22,23)16-10-8-15(9-11-16)19(18(20)21)13-17(19)14-6-4-3-5-7-14/h8-11,14,17H,2-7,12-13H2,1H3,(H,20,21). The Labute approximate surface area is 144 Å². The van der Waals surface area contributed by atoms with Crippen molar-refractivity contribution in [3.63, 3.8) is 0 Å². The minimum atomic E-state index is -3.25. The van der Waals surface area contributed by atoms with Crippen LogP contribution in [0.25, 0.3) is 0 Å². The Balaban J connectivity index is 1.85. The summed E-state index contributed by atoms with van der Waals surface area (Å²) in [6, 6.07) is 6.61. The van der Waals surface area contributed by atoms with E-state index in [1.54, 1.807) is 24.3 Å². The molecule has 2 saturated carbocycles. The van der Waals surface area contributed by atoms with E-state index in [1.165, 1.54) is 19.3 Å². The van der Waals surface area contributed by atoms with Gasteiger partial charge in [-0.15, -0.1) is 0 Å². The third-order valence-corrected chi connectivity index (χ3v) is 7.75. The second-order valence-electron chi connectivity index (χ2n) is 7.33. The fourth-order valence-corrected chi connectivity index (χ4v) is 5.77. The molecule has 0 heterocycles. The number of carboxylic acids is 1. The van der Waals surface area contributed by atoms with E-state index in [0.717, 1.165) is 18.4 Å². The molecule has 2 fully saturated rings. The Hall–Kier alpha value is -1.36. The second-order valence-corrected chi connectivity index (χ2v) is 9.44. The Morgan fingerprint density at radius 1 is 1.17 bits per heavy atom. The molecule has 3 rings (SSSR count). The first-order chi connectivity index (χ1) is 11.4. The maximum atomic E-state index is 12.1. The van der Waals surface area contributed by atoms with E-state index in [9.17, 15) is 18.3 Å². The van der Waals surface area contributed by atoms with E-state index >= 15 is 0 Å². The van der Waals surface area contributed by atoms with Crippen molar-refractivity contribution >= 4 is 15.8 Å². The highest BCUT2D eigenvalue weighted by Crippen LogP contribution is 2.60. The molecule has 132 valence electrons. The van der Waals surface area contributed by atoms with Crippen LogP contribution < -0.4 is 0 Å². The molecule has 1 aromatic carbocycles. The minimum absolute atomic E-state index is 0.126. The van der Waals surface area contributed by atoms with Crippen LogP contribution in [0, 0.1) is 11.8 Å². The van der Waals surface area contributed by atoms with Crippen LogP contribution in [-0.2, 0) is 20.0 Å². The average molecular weight is 350 g/mol. The maximum absolute atomic E-state index is 12.1. The molecule has 2 aliphatic carbocycles. The number of hydrogen-bond acceptors (Lipinski definition) is 3. The lowest BCUT2D eigenvalue weighted by atomic mass is 9.80. The molecule has 4 nitrogen and oxygen atoms in total. The monoisotopic (exact) mass is 350 g/mol. The summed E-state index contributed by atoms with van der Waals surface area (Å²) in [5.41, 5.74) is -0.0317. The fraction of sp³-hybridized carbons (Fsp3) is 0.632. The summed E-state index contributed by atoms with van der Waals surface area (Å²) >= 11 is 0. The molecule has 0 bridgehead atoms. The quantitative estimate of drug-likeness (QED) is 0.847. The topological polar surface area (TPSA) is 71.4 Å². The third-order valence-electron chi connectivity index (χ3n) is 5.82. The first-order valence-electron chi connectivity index (χ1n) is 8.98. The van der Waals surface area contributed by atoms with Gasteiger partial charge in [-0.2, -0.15) is 0 Å². The van der Waals surface area contributed by atoms with Gasteiger partial charge in [0.2, 0.25) is 0 Å². The fourth-order valence-electron chi connectivity index (χ4n) is 4.44. The summed E-state index contributed by atoms with van der Waals surface area (Å²) in [5.74, 6) is 0.0650. The van der Waals surface area contributed by atoms with Gasteiger partial charge in [-0.25, -0.2) is 8.42 Å². The van der Waals surface area contributed by atoms with Crippen LogP contribution in [0.1, 0.15) is 57.4 Å². The summed E-state index contributed by atoms with van der Waals surface area (Å²) in [4.78, 5) is 12.3. The molecule has 1 aromatic rings. The van der Waals surface area contributed by atoms with E-state index in [4.69, 9.17) is 0 Å². The summed E-state index contributed by atoms with van der Waals surface area (Å²) in [7, 11) is -3.25. The predicted molar refractivity (Wildman–Crippen MR) is 92.8 cm³/mol. The maximum Gasteiger partial charge on any atom is 0.314 e. The summed E-state index contributed by atoms with van der Waals surface area (Å²) < 4.78 is 24.3.